The van der Waals surface area contributed by atoms with E-state index in [1.54, 1.807) is 0 Å². The van der Waals surface area contributed by atoms with Crippen molar-refractivity contribution < 1.29 is 4.79 Å². The molecule has 0 aliphatic heterocycles. The fraction of sp³-hybridized carbons (Fsp3) is 0.909. The minimum atomic E-state index is 0.193. The Morgan fingerprint density at radius 1 is 0.857 bits per heavy atom. The molecule has 0 spiro atoms. The summed E-state index contributed by atoms with van der Waals surface area (Å²) in [7, 11) is 0. The van der Waals surface area contributed by atoms with E-state index in [1.165, 1.54) is 0 Å². The lowest BCUT2D eigenvalue weighted by molar-refractivity contribution is 0.157. The zero-order valence-corrected chi connectivity index (χ0v) is 10.0. The molecule has 0 bridgehead atoms. The summed E-state index contributed by atoms with van der Waals surface area (Å²) in [5, 5.41) is 0. The van der Waals surface area contributed by atoms with E-state index in [4.69, 9.17) is 0 Å². The lowest BCUT2D eigenvalue weighted by Crippen LogP contribution is -2.43. The molecule has 3 nitrogen and oxygen atoms in total. The van der Waals surface area contributed by atoms with Crippen molar-refractivity contribution in [2.75, 3.05) is 26.2 Å². The summed E-state index contributed by atoms with van der Waals surface area (Å²) in [6, 6.07) is 0.193. The Balaban J connectivity index is 4.24. The second kappa shape index (κ2) is 7.65. The molecule has 3 heteroatoms. The smallest absolute Gasteiger partial charge is 0.319 e. The Labute approximate surface area is 88.1 Å². The summed E-state index contributed by atoms with van der Waals surface area (Å²) in [5.74, 6) is 0. The van der Waals surface area contributed by atoms with Gasteiger partial charge in [-0.2, -0.15) is 0 Å². The Kier molecular flexibility index (Phi) is 7.25. The summed E-state index contributed by atoms with van der Waals surface area (Å²) in [5.41, 5.74) is 0. The standard InChI is InChI=1S/C11H24N2O/c1-5-9-13(10-6-2)11(14)12(7-3)8-4/h5-10H2,1-4H3. The number of urea groups is 1. The highest BCUT2D eigenvalue weighted by Crippen LogP contribution is 2.01. The maximum atomic E-state index is 11.9. The predicted octanol–water partition coefficient (Wildman–Crippen LogP) is 2.57. The van der Waals surface area contributed by atoms with Gasteiger partial charge < -0.3 is 9.80 Å². The lowest BCUT2D eigenvalue weighted by Gasteiger charge is -2.28. The van der Waals surface area contributed by atoms with Crippen molar-refractivity contribution in [3.8, 4) is 0 Å². The first-order valence-corrected chi connectivity index (χ1v) is 5.74. The second-order valence-electron chi connectivity index (χ2n) is 3.44. The molecule has 0 saturated heterocycles. The Morgan fingerprint density at radius 3 is 1.57 bits per heavy atom. The molecular weight excluding hydrogens is 176 g/mol. The normalized spacial score (nSPS) is 10.0. The van der Waals surface area contributed by atoms with Gasteiger partial charge in [-0.1, -0.05) is 13.8 Å². The third-order valence-electron chi connectivity index (χ3n) is 2.29. The highest BCUT2D eigenvalue weighted by Gasteiger charge is 2.16. The molecule has 0 aliphatic rings. The fourth-order valence-corrected chi connectivity index (χ4v) is 1.54. The van der Waals surface area contributed by atoms with Crippen LogP contribution in [0.25, 0.3) is 0 Å². The minimum Gasteiger partial charge on any atom is -0.325 e. The highest BCUT2D eigenvalue weighted by atomic mass is 16.2. The summed E-state index contributed by atoms with van der Waals surface area (Å²) in [6.07, 6.45) is 2.07. The minimum absolute atomic E-state index is 0.193. The number of carbonyl (C=O) groups is 1. The number of hydrogen-bond acceptors (Lipinski definition) is 1. The Bertz CT molecular complexity index is 149. The predicted molar refractivity (Wildman–Crippen MR) is 60.5 cm³/mol. The Morgan fingerprint density at radius 2 is 1.29 bits per heavy atom. The first-order valence-electron chi connectivity index (χ1n) is 5.74. The summed E-state index contributed by atoms with van der Waals surface area (Å²) >= 11 is 0. The molecule has 0 radical (unpaired) electrons. The van der Waals surface area contributed by atoms with E-state index in [-0.39, 0.29) is 6.03 Å². The van der Waals surface area contributed by atoms with Crippen LogP contribution in [0.2, 0.25) is 0 Å². The van der Waals surface area contributed by atoms with Crippen molar-refractivity contribution in [1.29, 1.82) is 0 Å². The summed E-state index contributed by atoms with van der Waals surface area (Å²) in [6.45, 7) is 11.6. The largest absolute Gasteiger partial charge is 0.325 e. The van der Waals surface area contributed by atoms with Gasteiger partial charge in [0.05, 0.1) is 0 Å². The number of amides is 2. The number of carbonyl (C=O) groups excluding carboxylic acids is 1. The van der Waals surface area contributed by atoms with E-state index < -0.39 is 0 Å². The van der Waals surface area contributed by atoms with E-state index in [1.807, 2.05) is 23.6 Å². The van der Waals surface area contributed by atoms with Crippen LogP contribution in [0.1, 0.15) is 40.5 Å². The zero-order valence-electron chi connectivity index (χ0n) is 10.0. The van der Waals surface area contributed by atoms with Crippen LogP contribution in [0.4, 0.5) is 4.79 Å². The SMILES string of the molecule is CCCN(CCC)C(=O)N(CC)CC. The van der Waals surface area contributed by atoms with Gasteiger partial charge in [0.2, 0.25) is 0 Å². The first-order chi connectivity index (χ1) is 6.71. The molecule has 0 heterocycles. The van der Waals surface area contributed by atoms with Gasteiger partial charge in [0.15, 0.2) is 0 Å². The zero-order chi connectivity index (χ0) is 11.0. The number of rotatable bonds is 6. The number of hydrogen-bond donors (Lipinski definition) is 0. The van der Waals surface area contributed by atoms with Gasteiger partial charge in [0, 0.05) is 26.2 Å². The van der Waals surface area contributed by atoms with Crippen LogP contribution in [0.5, 0.6) is 0 Å². The molecule has 0 fully saturated rings. The molecule has 0 aliphatic carbocycles. The van der Waals surface area contributed by atoms with Crippen LogP contribution in [-0.4, -0.2) is 42.0 Å². The average Bonchev–Trinajstić information content (AvgIpc) is 2.19. The van der Waals surface area contributed by atoms with Gasteiger partial charge in [-0.25, -0.2) is 4.79 Å². The van der Waals surface area contributed by atoms with E-state index in [0.29, 0.717) is 0 Å². The van der Waals surface area contributed by atoms with Crippen LogP contribution in [0, 0.1) is 0 Å². The molecule has 2 amide bonds. The van der Waals surface area contributed by atoms with Gasteiger partial charge >= 0.3 is 6.03 Å². The summed E-state index contributed by atoms with van der Waals surface area (Å²) < 4.78 is 0. The first kappa shape index (κ1) is 13.3. The van der Waals surface area contributed by atoms with Crippen molar-refractivity contribution in [3.05, 3.63) is 0 Å². The maximum Gasteiger partial charge on any atom is 0.319 e. The van der Waals surface area contributed by atoms with Crippen LogP contribution < -0.4 is 0 Å². The van der Waals surface area contributed by atoms with Crippen molar-refractivity contribution >= 4 is 6.03 Å². The van der Waals surface area contributed by atoms with Crippen LogP contribution in [0.3, 0.4) is 0 Å². The van der Waals surface area contributed by atoms with Gasteiger partial charge in [-0.3, -0.25) is 0 Å². The molecule has 0 saturated carbocycles. The number of nitrogens with zero attached hydrogens (tertiary/aromatic N) is 2. The average molecular weight is 200 g/mol. The van der Waals surface area contributed by atoms with Gasteiger partial charge in [-0.05, 0) is 26.7 Å². The Hall–Kier alpha value is -0.730. The van der Waals surface area contributed by atoms with Gasteiger partial charge in [-0.15, -0.1) is 0 Å². The van der Waals surface area contributed by atoms with E-state index in [0.717, 1.165) is 39.0 Å². The van der Waals surface area contributed by atoms with E-state index in [9.17, 15) is 4.79 Å². The van der Waals surface area contributed by atoms with E-state index in [2.05, 4.69) is 13.8 Å². The van der Waals surface area contributed by atoms with Crippen molar-refractivity contribution in [1.82, 2.24) is 9.80 Å². The molecular formula is C11H24N2O. The molecule has 0 aromatic carbocycles. The summed E-state index contributed by atoms with van der Waals surface area (Å²) in [4.78, 5) is 15.8. The molecule has 0 aromatic heterocycles. The fourth-order valence-electron chi connectivity index (χ4n) is 1.54. The molecule has 0 rings (SSSR count). The molecule has 0 aromatic rings. The van der Waals surface area contributed by atoms with Crippen molar-refractivity contribution in [2.24, 2.45) is 0 Å². The molecule has 0 unspecified atom stereocenters. The van der Waals surface area contributed by atoms with E-state index >= 15 is 0 Å². The third kappa shape index (κ3) is 3.99. The monoisotopic (exact) mass is 200 g/mol. The van der Waals surface area contributed by atoms with Gasteiger partial charge in [0.25, 0.3) is 0 Å². The van der Waals surface area contributed by atoms with Crippen LogP contribution in [-0.2, 0) is 0 Å². The maximum absolute atomic E-state index is 11.9. The van der Waals surface area contributed by atoms with Crippen molar-refractivity contribution in [3.63, 3.8) is 0 Å². The molecule has 0 N–H and O–H groups in total. The lowest BCUT2D eigenvalue weighted by atomic mass is 10.3. The molecule has 84 valence electrons. The molecule has 14 heavy (non-hydrogen) atoms. The quantitative estimate of drug-likeness (QED) is 0.646. The second-order valence-corrected chi connectivity index (χ2v) is 3.44. The van der Waals surface area contributed by atoms with Crippen LogP contribution in [0.15, 0.2) is 0 Å². The topological polar surface area (TPSA) is 23.6 Å². The van der Waals surface area contributed by atoms with Crippen molar-refractivity contribution in [2.45, 2.75) is 40.5 Å². The highest BCUT2D eigenvalue weighted by molar-refractivity contribution is 5.74. The molecule has 0 atom stereocenters. The van der Waals surface area contributed by atoms with Gasteiger partial charge in [0.1, 0.15) is 0 Å². The van der Waals surface area contributed by atoms with Crippen LogP contribution >= 0.6 is 0 Å². The third-order valence-corrected chi connectivity index (χ3v) is 2.29.